The molecule has 0 saturated carbocycles. The van der Waals surface area contributed by atoms with Gasteiger partial charge in [-0.3, -0.25) is 4.90 Å². The normalized spacial score (nSPS) is 27.6. The minimum atomic E-state index is -0.303. The van der Waals surface area contributed by atoms with Crippen LogP contribution in [0.5, 0.6) is 0 Å². The topological polar surface area (TPSA) is 71.3 Å². The van der Waals surface area contributed by atoms with Crippen LogP contribution in [0, 0.1) is 0 Å². The summed E-state index contributed by atoms with van der Waals surface area (Å²) < 4.78 is 4.99. The number of methoxy groups -OCH3 is 1. The fourth-order valence-electron chi connectivity index (χ4n) is 3.73. The number of nitrogens with one attached hydrogen (secondary N) is 1. The van der Waals surface area contributed by atoms with Gasteiger partial charge in [-0.05, 0) is 36.7 Å². The first-order valence-electron chi connectivity index (χ1n) is 6.92. The molecule has 3 heterocycles. The Balaban J connectivity index is 1.98. The molecule has 1 aromatic heterocycles. The molecule has 3 unspecified atom stereocenters. The van der Waals surface area contributed by atoms with Gasteiger partial charge in [0, 0.05) is 34.7 Å². The number of H-pyrrole nitrogens is 1. The van der Waals surface area contributed by atoms with Crippen molar-refractivity contribution in [2.75, 3.05) is 25.9 Å². The van der Waals surface area contributed by atoms with Crippen molar-refractivity contribution in [2.24, 2.45) is 0 Å². The first-order valence-corrected chi connectivity index (χ1v) is 6.92. The first-order chi connectivity index (χ1) is 9.69. The minimum Gasteiger partial charge on any atom is -0.468 e. The van der Waals surface area contributed by atoms with Crippen molar-refractivity contribution < 1.29 is 9.53 Å². The Morgan fingerprint density at radius 1 is 1.50 bits per heavy atom. The van der Waals surface area contributed by atoms with E-state index in [1.54, 1.807) is 0 Å². The number of esters is 1. The van der Waals surface area contributed by atoms with E-state index in [2.05, 4.69) is 9.88 Å². The summed E-state index contributed by atoms with van der Waals surface area (Å²) in [6.07, 6.45) is 1.09. The average molecular weight is 271 g/mol. The molecule has 1 saturated heterocycles. The Morgan fingerprint density at radius 2 is 2.35 bits per heavy atom. The quantitative estimate of drug-likeness (QED) is 0.612. The van der Waals surface area contributed by atoms with E-state index in [0.29, 0.717) is 5.92 Å². The number of aromatic nitrogens is 1. The number of fused-ring (bicyclic) bond motifs is 6. The highest BCUT2D eigenvalue weighted by atomic mass is 16.5. The third kappa shape index (κ3) is 1.44. The van der Waals surface area contributed by atoms with Crippen LogP contribution in [0.2, 0.25) is 0 Å². The molecule has 2 bridgehead atoms. The van der Waals surface area contributed by atoms with Crippen LogP contribution in [0.1, 0.15) is 29.6 Å². The standard InChI is InChI=1S/C15H17N3O2/c1-20-15(19)14-13-12(8-4-5-18(14)7-8)10-6-9(16)2-3-11(10)17-13/h2-3,6,8,14,17H,4-5,7,16H2,1H3. The van der Waals surface area contributed by atoms with Crippen molar-refractivity contribution in [2.45, 2.75) is 18.4 Å². The molecule has 2 aliphatic rings. The summed E-state index contributed by atoms with van der Waals surface area (Å²) in [7, 11) is 1.45. The van der Waals surface area contributed by atoms with E-state index in [1.807, 2.05) is 18.2 Å². The number of hydrogen-bond donors (Lipinski definition) is 2. The van der Waals surface area contributed by atoms with E-state index < -0.39 is 0 Å². The highest BCUT2D eigenvalue weighted by Crippen LogP contribution is 2.46. The molecule has 0 aliphatic carbocycles. The smallest absolute Gasteiger partial charge is 0.329 e. The SMILES string of the molecule is COC(=O)C1c2[nH]c3ccc(N)cc3c2C2CCN1C2. The Labute approximate surface area is 116 Å². The summed E-state index contributed by atoms with van der Waals surface area (Å²) in [6.45, 7) is 1.87. The van der Waals surface area contributed by atoms with E-state index in [1.165, 1.54) is 12.7 Å². The molecule has 0 spiro atoms. The summed E-state index contributed by atoms with van der Waals surface area (Å²) in [4.78, 5) is 17.8. The lowest BCUT2D eigenvalue weighted by atomic mass is 9.90. The predicted molar refractivity (Wildman–Crippen MR) is 76.4 cm³/mol. The maximum Gasteiger partial charge on any atom is 0.329 e. The van der Waals surface area contributed by atoms with E-state index in [4.69, 9.17) is 10.5 Å². The third-order valence-electron chi connectivity index (χ3n) is 4.58. The van der Waals surface area contributed by atoms with Crippen LogP contribution in [0.15, 0.2) is 18.2 Å². The van der Waals surface area contributed by atoms with Crippen LogP contribution >= 0.6 is 0 Å². The summed E-state index contributed by atoms with van der Waals surface area (Å²) in [5, 5.41) is 1.15. The van der Waals surface area contributed by atoms with E-state index in [9.17, 15) is 4.79 Å². The lowest BCUT2D eigenvalue weighted by Gasteiger charge is -2.30. The van der Waals surface area contributed by atoms with Gasteiger partial charge in [0.15, 0.2) is 0 Å². The lowest BCUT2D eigenvalue weighted by Crippen LogP contribution is -2.36. The second-order valence-electron chi connectivity index (χ2n) is 5.66. The van der Waals surface area contributed by atoms with Crippen LogP contribution in [0.25, 0.3) is 10.9 Å². The van der Waals surface area contributed by atoms with Gasteiger partial charge in [-0.15, -0.1) is 0 Å². The van der Waals surface area contributed by atoms with Crippen molar-refractivity contribution in [3.8, 4) is 0 Å². The van der Waals surface area contributed by atoms with E-state index in [-0.39, 0.29) is 12.0 Å². The van der Waals surface area contributed by atoms with Gasteiger partial charge in [0.05, 0.1) is 7.11 Å². The summed E-state index contributed by atoms with van der Waals surface area (Å²) >= 11 is 0. The maximum absolute atomic E-state index is 12.2. The number of nitrogen functional groups attached to an aromatic ring is 1. The van der Waals surface area contributed by atoms with Gasteiger partial charge in [-0.1, -0.05) is 0 Å². The summed E-state index contributed by atoms with van der Waals surface area (Å²) in [6, 6.07) is 5.57. The number of carbonyl (C=O) groups excluding carboxylic acids is 1. The number of hydrogen-bond acceptors (Lipinski definition) is 4. The zero-order valence-electron chi connectivity index (χ0n) is 11.3. The number of benzene rings is 1. The molecular weight excluding hydrogens is 254 g/mol. The highest BCUT2D eigenvalue weighted by Gasteiger charge is 2.44. The minimum absolute atomic E-state index is 0.189. The van der Waals surface area contributed by atoms with Crippen LogP contribution in [0.3, 0.4) is 0 Å². The molecule has 5 nitrogen and oxygen atoms in total. The molecule has 2 aromatic rings. The number of nitrogens with two attached hydrogens (primary N) is 1. The fraction of sp³-hybridized carbons (Fsp3) is 0.400. The zero-order valence-corrected chi connectivity index (χ0v) is 11.3. The van der Waals surface area contributed by atoms with Gasteiger partial charge in [0.25, 0.3) is 0 Å². The molecule has 0 radical (unpaired) electrons. The Bertz CT molecular complexity index is 706. The van der Waals surface area contributed by atoms with Crippen molar-refractivity contribution in [3.05, 3.63) is 29.5 Å². The van der Waals surface area contributed by atoms with Gasteiger partial charge in [0.1, 0.15) is 6.04 Å². The van der Waals surface area contributed by atoms with Crippen molar-refractivity contribution >= 4 is 22.6 Å². The summed E-state index contributed by atoms with van der Waals surface area (Å²) in [5.41, 5.74) is 9.98. The van der Waals surface area contributed by atoms with Gasteiger partial charge in [0.2, 0.25) is 0 Å². The molecule has 5 heteroatoms. The van der Waals surface area contributed by atoms with Crippen LogP contribution in [-0.4, -0.2) is 36.1 Å². The molecule has 20 heavy (non-hydrogen) atoms. The van der Waals surface area contributed by atoms with Crippen LogP contribution in [0.4, 0.5) is 5.69 Å². The molecule has 0 amide bonds. The Kier molecular flexibility index (Phi) is 2.35. The molecule has 1 fully saturated rings. The zero-order chi connectivity index (χ0) is 13.9. The molecule has 3 atom stereocenters. The number of nitrogens with zero attached hydrogens (tertiary/aromatic N) is 1. The van der Waals surface area contributed by atoms with E-state index >= 15 is 0 Å². The van der Waals surface area contributed by atoms with Crippen molar-refractivity contribution in [1.29, 1.82) is 0 Å². The average Bonchev–Trinajstić information content (AvgIpc) is 3.01. The number of ether oxygens (including phenoxy) is 1. The monoisotopic (exact) mass is 271 g/mol. The predicted octanol–water partition coefficient (Wildman–Crippen LogP) is 1.77. The molecular formula is C15H17N3O2. The van der Waals surface area contributed by atoms with Gasteiger partial charge in [-0.2, -0.15) is 0 Å². The highest BCUT2D eigenvalue weighted by molar-refractivity contribution is 5.91. The van der Waals surface area contributed by atoms with Gasteiger partial charge in [-0.25, -0.2) is 4.79 Å². The van der Waals surface area contributed by atoms with Gasteiger partial charge < -0.3 is 15.5 Å². The number of aromatic amines is 1. The van der Waals surface area contributed by atoms with Crippen LogP contribution < -0.4 is 5.73 Å². The molecule has 3 N–H and O–H groups in total. The molecule has 104 valence electrons. The van der Waals surface area contributed by atoms with Gasteiger partial charge >= 0.3 is 5.97 Å². The largest absolute Gasteiger partial charge is 0.468 e. The molecule has 1 aromatic carbocycles. The first kappa shape index (κ1) is 11.8. The number of anilines is 1. The molecule has 2 aliphatic heterocycles. The number of carbonyl (C=O) groups is 1. The van der Waals surface area contributed by atoms with Crippen LogP contribution in [-0.2, 0) is 9.53 Å². The van der Waals surface area contributed by atoms with Crippen molar-refractivity contribution in [3.63, 3.8) is 0 Å². The Morgan fingerprint density at radius 3 is 3.15 bits per heavy atom. The number of rotatable bonds is 1. The second kappa shape index (κ2) is 3.99. The Hall–Kier alpha value is -2.01. The second-order valence-corrected chi connectivity index (χ2v) is 5.66. The maximum atomic E-state index is 12.2. The fourth-order valence-corrected chi connectivity index (χ4v) is 3.73. The third-order valence-corrected chi connectivity index (χ3v) is 4.58. The van der Waals surface area contributed by atoms with E-state index in [0.717, 1.165) is 41.8 Å². The lowest BCUT2D eigenvalue weighted by molar-refractivity contribution is -0.147. The summed E-state index contributed by atoms with van der Waals surface area (Å²) in [5.74, 6) is 0.299. The van der Waals surface area contributed by atoms with Crippen molar-refractivity contribution in [1.82, 2.24) is 9.88 Å². The molecule has 4 rings (SSSR count).